The Bertz CT molecular complexity index is 378. The molecule has 78 valence electrons. The maximum Gasteiger partial charge on any atom is 0.221 e. The second-order valence-corrected chi connectivity index (χ2v) is 4.67. The average molecular weight is 216 g/mol. The number of aromatic nitrogens is 2. The Kier molecular flexibility index (Phi) is 3.50. The summed E-state index contributed by atoms with van der Waals surface area (Å²) in [5.41, 5.74) is 5.73. The van der Waals surface area contributed by atoms with E-state index in [9.17, 15) is 8.42 Å². The van der Waals surface area contributed by atoms with Crippen LogP contribution in [0.2, 0.25) is 0 Å². The predicted molar refractivity (Wildman–Crippen MR) is 51.8 cm³/mol. The normalized spacial score (nSPS) is 13.9. The van der Waals surface area contributed by atoms with Crippen molar-refractivity contribution in [2.45, 2.75) is 5.25 Å². The van der Waals surface area contributed by atoms with Gasteiger partial charge in [-0.05, 0) is 7.05 Å². The highest BCUT2D eigenvalue weighted by molar-refractivity contribution is 7.89. The number of hydrogen-bond donors (Lipinski definition) is 2. The van der Waals surface area contributed by atoms with Crippen LogP contribution in [0.25, 0.3) is 0 Å². The standard InChI is InChI=1S/C7H12N4O2S/c1-9-14(12,13)7(4-8)6-5-10-2-3-11-6/h2-3,5,7,9H,4,8H2,1H3. The first kappa shape index (κ1) is 11.0. The van der Waals surface area contributed by atoms with Crippen molar-refractivity contribution in [3.05, 3.63) is 24.3 Å². The molecule has 7 heteroatoms. The lowest BCUT2D eigenvalue weighted by Crippen LogP contribution is -2.31. The lowest BCUT2D eigenvalue weighted by Gasteiger charge is -2.13. The van der Waals surface area contributed by atoms with Gasteiger partial charge in [-0.1, -0.05) is 0 Å². The number of rotatable bonds is 4. The first-order chi connectivity index (χ1) is 6.61. The van der Waals surface area contributed by atoms with E-state index in [2.05, 4.69) is 14.7 Å². The SMILES string of the molecule is CNS(=O)(=O)C(CN)c1cnccn1. The Balaban J connectivity index is 3.06. The highest BCUT2D eigenvalue weighted by atomic mass is 32.2. The molecule has 1 aromatic rings. The molecule has 0 saturated carbocycles. The Morgan fingerprint density at radius 3 is 2.71 bits per heavy atom. The van der Waals surface area contributed by atoms with Crippen molar-refractivity contribution in [2.75, 3.05) is 13.6 Å². The minimum absolute atomic E-state index is 0.0259. The molecule has 0 saturated heterocycles. The van der Waals surface area contributed by atoms with E-state index >= 15 is 0 Å². The number of hydrogen-bond acceptors (Lipinski definition) is 5. The van der Waals surface area contributed by atoms with Gasteiger partial charge < -0.3 is 5.73 Å². The summed E-state index contributed by atoms with van der Waals surface area (Å²) in [6.45, 7) is -0.0259. The molecule has 1 atom stereocenters. The van der Waals surface area contributed by atoms with Gasteiger partial charge in [0.05, 0.1) is 5.69 Å². The molecule has 1 aromatic heterocycles. The monoisotopic (exact) mass is 216 g/mol. The molecule has 6 nitrogen and oxygen atoms in total. The van der Waals surface area contributed by atoms with Crippen LogP contribution in [-0.2, 0) is 10.0 Å². The maximum atomic E-state index is 11.5. The van der Waals surface area contributed by atoms with Crippen molar-refractivity contribution in [3.8, 4) is 0 Å². The minimum Gasteiger partial charge on any atom is -0.329 e. The van der Waals surface area contributed by atoms with Crippen LogP contribution < -0.4 is 10.5 Å². The van der Waals surface area contributed by atoms with Crippen LogP contribution in [-0.4, -0.2) is 32.0 Å². The fourth-order valence-electron chi connectivity index (χ4n) is 1.03. The lowest BCUT2D eigenvalue weighted by atomic mass is 10.3. The van der Waals surface area contributed by atoms with Gasteiger partial charge >= 0.3 is 0 Å². The first-order valence-electron chi connectivity index (χ1n) is 4.00. The number of sulfonamides is 1. The highest BCUT2D eigenvalue weighted by Crippen LogP contribution is 2.16. The molecule has 0 radical (unpaired) electrons. The van der Waals surface area contributed by atoms with Gasteiger partial charge in [-0.15, -0.1) is 0 Å². The fourth-order valence-corrected chi connectivity index (χ4v) is 2.00. The van der Waals surface area contributed by atoms with Crippen LogP contribution in [0.4, 0.5) is 0 Å². The summed E-state index contributed by atoms with van der Waals surface area (Å²) in [6, 6.07) is 0. The molecule has 1 rings (SSSR count). The summed E-state index contributed by atoms with van der Waals surface area (Å²) in [7, 11) is -2.10. The van der Waals surface area contributed by atoms with E-state index < -0.39 is 15.3 Å². The molecule has 0 aliphatic rings. The van der Waals surface area contributed by atoms with E-state index in [4.69, 9.17) is 5.73 Å². The molecular formula is C7H12N4O2S. The molecule has 1 heterocycles. The van der Waals surface area contributed by atoms with E-state index in [1.165, 1.54) is 25.6 Å². The molecule has 0 fully saturated rings. The molecule has 0 amide bonds. The van der Waals surface area contributed by atoms with Gasteiger partial charge in [-0.3, -0.25) is 9.97 Å². The van der Waals surface area contributed by atoms with Gasteiger partial charge in [-0.25, -0.2) is 13.1 Å². The minimum atomic E-state index is -3.44. The van der Waals surface area contributed by atoms with Crippen molar-refractivity contribution in [1.29, 1.82) is 0 Å². The smallest absolute Gasteiger partial charge is 0.221 e. The predicted octanol–water partition coefficient (Wildman–Crippen LogP) is -0.974. The average Bonchev–Trinajstić information content (AvgIpc) is 2.20. The van der Waals surface area contributed by atoms with E-state index in [1.54, 1.807) is 0 Å². The summed E-state index contributed by atoms with van der Waals surface area (Å²) in [5, 5.41) is -0.846. The van der Waals surface area contributed by atoms with Crippen molar-refractivity contribution in [1.82, 2.24) is 14.7 Å². The third kappa shape index (κ3) is 2.25. The molecule has 0 aliphatic heterocycles. The second-order valence-electron chi connectivity index (χ2n) is 2.60. The zero-order valence-electron chi connectivity index (χ0n) is 7.71. The van der Waals surface area contributed by atoms with Crippen LogP contribution >= 0.6 is 0 Å². The van der Waals surface area contributed by atoms with E-state index in [0.29, 0.717) is 5.69 Å². The summed E-state index contributed by atoms with van der Waals surface area (Å²) in [4.78, 5) is 7.69. The zero-order chi connectivity index (χ0) is 10.6. The van der Waals surface area contributed by atoms with Crippen LogP contribution in [0.3, 0.4) is 0 Å². The van der Waals surface area contributed by atoms with Gasteiger partial charge in [-0.2, -0.15) is 0 Å². The van der Waals surface area contributed by atoms with Gasteiger partial charge in [0.1, 0.15) is 5.25 Å². The number of nitrogens with one attached hydrogen (secondary N) is 1. The third-order valence-corrected chi connectivity index (χ3v) is 3.54. The van der Waals surface area contributed by atoms with Gasteiger partial charge in [0.15, 0.2) is 0 Å². The summed E-state index contributed by atoms with van der Waals surface area (Å²) < 4.78 is 25.2. The van der Waals surface area contributed by atoms with Gasteiger partial charge in [0, 0.05) is 25.1 Å². The van der Waals surface area contributed by atoms with Crippen molar-refractivity contribution in [3.63, 3.8) is 0 Å². The molecule has 14 heavy (non-hydrogen) atoms. The molecular weight excluding hydrogens is 204 g/mol. The van der Waals surface area contributed by atoms with Crippen molar-refractivity contribution < 1.29 is 8.42 Å². The van der Waals surface area contributed by atoms with Crippen molar-refractivity contribution in [2.24, 2.45) is 5.73 Å². The largest absolute Gasteiger partial charge is 0.329 e. The van der Waals surface area contributed by atoms with Gasteiger partial charge in [0.2, 0.25) is 10.0 Å². The summed E-state index contributed by atoms with van der Waals surface area (Å²) >= 11 is 0. The van der Waals surface area contributed by atoms with E-state index in [-0.39, 0.29) is 6.54 Å². The Morgan fingerprint density at radius 2 is 2.29 bits per heavy atom. The van der Waals surface area contributed by atoms with Gasteiger partial charge in [0.25, 0.3) is 0 Å². The topological polar surface area (TPSA) is 98.0 Å². The lowest BCUT2D eigenvalue weighted by molar-refractivity contribution is 0.572. The summed E-state index contributed by atoms with van der Waals surface area (Å²) in [6.07, 6.45) is 4.30. The molecule has 0 spiro atoms. The van der Waals surface area contributed by atoms with Crippen LogP contribution in [0.15, 0.2) is 18.6 Å². The van der Waals surface area contributed by atoms with Crippen LogP contribution in [0, 0.1) is 0 Å². The second kappa shape index (κ2) is 4.45. The Morgan fingerprint density at radius 1 is 1.57 bits per heavy atom. The molecule has 0 aromatic carbocycles. The van der Waals surface area contributed by atoms with E-state index in [1.807, 2.05) is 0 Å². The molecule has 0 bridgehead atoms. The molecule has 3 N–H and O–H groups in total. The van der Waals surface area contributed by atoms with E-state index in [0.717, 1.165) is 0 Å². The third-order valence-electron chi connectivity index (χ3n) is 1.79. The Hall–Kier alpha value is -1.05. The number of nitrogens with two attached hydrogens (primary N) is 1. The van der Waals surface area contributed by atoms with Crippen molar-refractivity contribution >= 4 is 10.0 Å². The maximum absolute atomic E-state index is 11.5. The number of nitrogens with zero attached hydrogens (tertiary/aromatic N) is 2. The molecule has 0 aliphatic carbocycles. The highest BCUT2D eigenvalue weighted by Gasteiger charge is 2.25. The zero-order valence-corrected chi connectivity index (χ0v) is 8.53. The summed E-state index contributed by atoms with van der Waals surface area (Å²) in [5.74, 6) is 0. The van der Waals surface area contributed by atoms with Crippen LogP contribution in [0.1, 0.15) is 10.9 Å². The fraction of sp³-hybridized carbons (Fsp3) is 0.429. The Labute approximate surface area is 82.6 Å². The quantitative estimate of drug-likeness (QED) is 0.674. The first-order valence-corrected chi connectivity index (χ1v) is 5.54. The molecule has 1 unspecified atom stereocenters. The van der Waals surface area contributed by atoms with Crippen LogP contribution in [0.5, 0.6) is 0 Å².